The zero-order valence-electron chi connectivity index (χ0n) is 10.4. The first kappa shape index (κ1) is 13.1. The predicted molar refractivity (Wildman–Crippen MR) is 73.0 cm³/mol. The lowest BCUT2D eigenvalue weighted by Gasteiger charge is -2.10. The van der Waals surface area contributed by atoms with Gasteiger partial charge >= 0.3 is 11.9 Å². The van der Waals surface area contributed by atoms with Gasteiger partial charge in [0, 0.05) is 15.4 Å². The van der Waals surface area contributed by atoms with Gasteiger partial charge in [-0.15, -0.1) is 0 Å². The monoisotopic (exact) mass is 338 g/mol. The van der Waals surface area contributed by atoms with Gasteiger partial charge in [-0.1, -0.05) is 0 Å². The number of fused-ring (bicyclic) bond motifs is 3. The van der Waals surface area contributed by atoms with Gasteiger partial charge in [0.2, 0.25) is 0 Å². The minimum Gasteiger partial charge on any atom is -0.481 e. The van der Waals surface area contributed by atoms with E-state index in [1.54, 1.807) is 6.20 Å². The van der Waals surface area contributed by atoms with Crippen molar-refractivity contribution in [3.63, 3.8) is 0 Å². The number of carboxylic acids is 1. The van der Waals surface area contributed by atoms with Crippen molar-refractivity contribution < 1.29 is 19.4 Å². The van der Waals surface area contributed by atoms with Gasteiger partial charge in [-0.3, -0.25) is 14.7 Å². The topological polar surface area (TPSA) is 92.3 Å². The minimum absolute atomic E-state index is 0.146. The smallest absolute Gasteiger partial charge is 0.310 e. The quantitative estimate of drug-likeness (QED) is 0.817. The lowest BCUT2D eigenvalue weighted by atomic mass is 9.93. The number of rotatable bonds is 2. The van der Waals surface area contributed by atoms with Crippen molar-refractivity contribution in [2.75, 3.05) is 0 Å². The van der Waals surface area contributed by atoms with Crippen LogP contribution in [0.15, 0.2) is 16.7 Å². The summed E-state index contributed by atoms with van der Waals surface area (Å²) in [6.45, 7) is 0.146. The Morgan fingerprint density at radius 2 is 2.40 bits per heavy atom. The molecular formula is C13H11BrN2O4. The molecule has 0 amide bonds. The number of esters is 1. The van der Waals surface area contributed by atoms with Crippen LogP contribution in [-0.2, 0) is 27.4 Å². The Balaban J connectivity index is 2.08. The standard InChI is InChI=1S/C13H11BrN2O4/c14-10-2-6-1-7(3-11(17)18)13(19)20-5-9(6)8-4-15-16-12(8)10/h2,4,7H,1,3,5H2,(H,15,16)(H,17,18)/t7-/m0/s1. The second-order valence-corrected chi connectivity index (χ2v) is 5.62. The fraction of sp³-hybridized carbons (Fsp3) is 0.308. The van der Waals surface area contributed by atoms with Crippen LogP contribution in [0.2, 0.25) is 0 Å². The SMILES string of the molecule is O=C(O)C[C@@H]1Cc2cc(Br)c3[nH]ncc3c2COC1=O. The van der Waals surface area contributed by atoms with Crippen LogP contribution in [0, 0.1) is 5.92 Å². The van der Waals surface area contributed by atoms with Gasteiger partial charge in [-0.05, 0) is 34.0 Å². The minimum atomic E-state index is -1.00. The zero-order valence-corrected chi connectivity index (χ0v) is 11.9. The van der Waals surface area contributed by atoms with Crippen molar-refractivity contribution in [3.8, 4) is 0 Å². The third kappa shape index (κ3) is 2.18. The molecule has 104 valence electrons. The lowest BCUT2D eigenvalue weighted by molar-refractivity contribution is -0.153. The molecule has 1 aliphatic rings. The molecule has 0 fully saturated rings. The van der Waals surface area contributed by atoms with E-state index in [4.69, 9.17) is 9.84 Å². The van der Waals surface area contributed by atoms with E-state index in [1.165, 1.54) is 0 Å². The summed E-state index contributed by atoms with van der Waals surface area (Å²) in [7, 11) is 0. The van der Waals surface area contributed by atoms with Crippen molar-refractivity contribution >= 4 is 38.8 Å². The number of ether oxygens (including phenoxy) is 1. The molecule has 2 N–H and O–H groups in total. The average molecular weight is 339 g/mol. The van der Waals surface area contributed by atoms with Crippen LogP contribution in [0.4, 0.5) is 0 Å². The van der Waals surface area contributed by atoms with E-state index in [-0.39, 0.29) is 13.0 Å². The second-order valence-electron chi connectivity index (χ2n) is 4.76. The van der Waals surface area contributed by atoms with Crippen molar-refractivity contribution in [1.29, 1.82) is 0 Å². The molecule has 1 atom stereocenters. The highest BCUT2D eigenvalue weighted by molar-refractivity contribution is 9.10. The molecule has 0 spiro atoms. The van der Waals surface area contributed by atoms with Crippen molar-refractivity contribution in [1.82, 2.24) is 10.2 Å². The number of carboxylic acid groups (broad SMARTS) is 1. The largest absolute Gasteiger partial charge is 0.481 e. The van der Waals surface area contributed by atoms with Crippen LogP contribution in [-0.4, -0.2) is 27.2 Å². The number of aromatic nitrogens is 2. The molecule has 7 heteroatoms. The first-order valence-corrected chi connectivity index (χ1v) is 6.87. The summed E-state index contributed by atoms with van der Waals surface area (Å²) in [5.41, 5.74) is 2.65. The molecule has 6 nitrogen and oxygen atoms in total. The molecule has 20 heavy (non-hydrogen) atoms. The van der Waals surface area contributed by atoms with Crippen LogP contribution in [0.1, 0.15) is 17.5 Å². The fourth-order valence-corrected chi connectivity index (χ4v) is 3.09. The van der Waals surface area contributed by atoms with Crippen molar-refractivity contribution in [2.45, 2.75) is 19.4 Å². The lowest BCUT2D eigenvalue weighted by Crippen LogP contribution is -2.20. The molecule has 0 saturated carbocycles. The number of hydrogen-bond acceptors (Lipinski definition) is 4. The first-order valence-electron chi connectivity index (χ1n) is 6.08. The summed E-state index contributed by atoms with van der Waals surface area (Å²) < 4.78 is 6.04. The Kier molecular flexibility index (Phi) is 3.21. The first-order chi connectivity index (χ1) is 9.56. The number of carbonyl (C=O) groups is 2. The Labute approximate surface area is 122 Å². The highest BCUT2D eigenvalue weighted by Crippen LogP contribution is 2.33. The number of cyclic esters (lactones) is 1. The van der Waals surface area contributed by atoms with Crippen LogP contribution in [0.5, 0.6) is 0 Å². The summed E-state index contributed by atoms with van der Waals surface area (Å²) in [6, 6.07) is 1.90. The van der Waals surface area contributed by atoms with Crippen LogP contribution < -0.4 is 0 Å². The van der Waals surface area contributed by atoms with E-state index in [9.17, 15) is 9.59 Å². The van der Waals surface area contributed by atoms with Crippen LogP contribution >= 0.6 is 15.9 Å². The fourth-order valence-electron chi connectivity index (χ4n) is 2.51. The maximum atomic E-state index is 11.9. The number of nitrogens with one attached hydrogen (secondary N) is 1. The van der Waals surface area contributed by atoms with E-state index in [2.05, 4.69) is 26.1 Å². The van der Waals surface area contributed by atoms with Crippen LogP contribution in [0.25, 0.3) is 10.9 Å². The van der Waals surface area contributed by atoms with Crippen LogP contribution in [0.3, 0.4) is 0 Å². The molecule has 0 bridgehead atoms. The molecule has 2 heterocycles. The molecule has 3 rings (SSSR count). The Hall–Kier alpha value is -1.89. The third-order valence-electron chi connectivity index (χ3n) is 3.47. The number of aromatic amines is 1. The Bertz CT molecular complexity index is 710. The predicted octanol–water partition coefficient (Wildman–Crippen LogP) is 2.02. The van der Waals surface area contributed by atoms with Gasteiger partial charge in [-0.25, -0.2) is 0 Å². The molecule has 1 aliphatic heterocycles. The summed E-state index contributed by atoms with van der Waals surface area (Å²) in [4.78, 5) is 22.7. The van der Waals surface area contributed by atoms with E-state index in [0.29, 0.717) is 6.42 Å². The van der Waals surface area contributed by atoms with Gasteiger partial charge in [0.1, 0.15) is 6.61 Å². The molecule has 0 saturated heterocycles. The summed E-state index contributed by atoms with van der Waals surface area (Å²) in [5.74, 6) is -2.11. The molecule has 0 unspecified atom stereocenters. The van der Waals surface area contributed by atoms with Gasteiger partial charge in [0.15, 0.2) is 0 Å². The second kappa shape index (κ2) is 4.90. The Morgan fingerprint density at radius 1 is 1.60 bits per heavy atom. The highest BCUT2D eigenvalue weighted by Gasteiger charge is 2.29. The van der Waals surface area contributed by atoms with E-state index >= 15 is 0 Å². The summed E-state index contributed by atoms with van der Waals surface area (Å²) >= 11 is 3.45. The van der Waals surface area contributed by atoms with E-state index in [1.807, 2.05) is 6.07 Å². The van der Waals surface area contributed by atoms with Gasteiger partial charge < -0.3 is 9.84 Å². The maximum absolute atomic E-state index is 11.9. The molecule has 1 aromatic carbocycles. The summed E-state index contributed by atoms with van der Waals surface area (Å²) in [5, 5.41) is 16.7. The zero-order chi connectivity index (χ0) is 14.3. The number of nitrogens with zero attached hydrogens (tertiary/aromatic N) is 1. The van der Waals surface area contributed by atoms with Crippen molar-refractivity contribution in [2.24, 2.45) is 5.92 Å². The molecule has 0 radical (unpaired) electrons. The number of carbonyl (C=O) groups excluding carboxylic acids is 1. The number of H-pyrrole nitrogens is 1. The molecule has 1 aromatic heterocycles. The van der Waals surface area contributed by atoms with E-state index in [0.717, 1.165) is 26.5 Å². The average Bonchev–Trinajstić information content (AvgIpc) is 2.81. The summed E-state index contributed by atoms with van der Waals surface area (Å²) in [6.07, 6.45) is 1.82. The van der Waals surface area contributed by atoms with Gasteiger partial charge in [0.25, 0.3) is 0 Å². The maximum Gasteiger partial charge on any atom is 0.310 e. The molecule has 2 aromatic rings. The van der Waals surface area contributed by atoms with Crippen molar-refractivity contribution in [3.05, 3.63) is 27.9 Å². The number of hydrogen-bond donors (Lipinski definition) is 2. The van der Waals surface area contributed by atoms with E-state index < -0.39 is 17.9 Å². The number of aliphatic carboxylic acids is 1. The highest BCUT2D eigenvalue weighted by atomic mass is 79.9. The Morgan fingerprint density at radius 3 is 3.15 bits per heavy atom. The number of halogens is 1. The normalized spacial score (nSPS) is 18.4. The third-order valence-corrected chi connectivity index (χ3v) is 4.10. The number of benzene rings is 1. The van der Waals surface area contributed by atoms with Gasteiger partial charge in [0.05, 0.1) is 24.1 Å². The van der Waals surface area contributed by atoms with Gasteiger partial charge in [-0.2, -0.15) is 5.10 Å². The molecule has 0 aliphatic carbocycles. The molecular weight excluding hydrogens is 328 g/mol.